The van der Waals surface area contributed by atoms with E-state index in [9.17, 15) is 12.8 Å². The Kier molecular flexibility index (Phi) is 4.26. The van der Waals surface area contributed by atoms with Crippen LogP contribution in [0.2, 0.25) is 0 Å². The maximum absolute atomic E-state index is 13.5. The lowest BCUT2D eigenvalue weighted by Crippen LogP contribution is -2.34. The van der Waals surface area contributed by atoms with Crippen molar-refractivity contribution in [2.75, 3.05) is 19.8 Å². The topological polar surface area (TPSA) is 68.5 Å². The summed E-state index contributed by atoms with van der Waals surface area (Å²) in [5.41, 5.74) is 1.73. The normalized spacial score (nSPS) is 22.5. The van der Waals surface area contributed by atoms with Gasteiger partial charge >= 0.3 is 0 Å². The van der Waals surface area contributed by atoms with Gasteiger partial charge in [-0.2, -0.15) is 0 Å². The molecule has 28 heavy (non-hydrogen) atoms. The number of benzene rings is 2. The molecule has 1 fully saturated rings. The molecule has 5 nitrogen and oxygen atoms in total. The van der Waals surface area contributed by atoms with E-state index in [4.69, 9.17) is 9.15 Å². The molecule has 146 valence electrons. The Morgan fingerprint density at radius 3 is 2.75 bits per heavy atom. The van der Waals surface area contributed by atoms with Gasteiger partial charge in [0.2, 0.25) is 9.84 Å². The fourth-order valence-electron chi connectivity index (χ4n) is 4.23. The van der Waals surface area contributed by atoms with E-state index in [1.165, 1.54) is 24.3 Å². The van der Waals surface area contributed by atoms with Crippen LogP contribution in [0.25, 0.3) is 11.0 Å². The van der Waals surface area contributed by atoms with Crippen LogP contribution in [-0.2, 0) is 21.0 Å². The molecule has 2 atom stereocenters. The second kappa shape index (κ2) is 6.69. The van der Waals surface area contributed by atoms with Crippen molar-refractivity contribution in [1.29, 1.82) is 0 Å². The summed E-state index contributed by atoms with van der Waals surface area (Å²) in [6.07, 6.45) is 1.75. The first-order valence-electron chi connectivity index (χ1n) is 9.41. The molecule has 2 aromatic carbocycles. The molecule has 3 aromatic rings. The van der Waals surface area contributed by atoms with Gasteiger partial charge in [0.1, 0.15) is 17.2 Å². The summed E-state index contributed by atoms with van der Waals surface area (Å²) in [6.45, 7) is 2.27. The van der Waals surface area contributed by atoms with Crippen molar-refractivity contribution in [3.8, 4) is 0 Å². The Bertz CT molecular complexity index is 1150. The van der Waals surface area contributed by atoms with E-state index in [1.54, 1.807) is 12.1 Å². The van der Waals surface area contributed by atoms with Gasteiger partial charge in [-0.1, -0.05) is 6.07 Å². The molecule has 1 N–H and O–H groups in total. The standard InChI is InChI=1S/C21H20FNO4S/c22-14-2-1-3-15(10-14)28(24,25)16-4-5-19-18(11-16)17-6-8-23-20(21(17)27-19)13-7-9-26-12-13/h1-5,10-11,13,20,23H,6-9,12H2. The number of halogens is 1. The highest BCUT2D eigenvalue weighted by molar-refractivity contribution is 7.91. The van der Waals surface area contributed by atoms with E-state index in [-0.39, 0.29) is 15.8 Å². The summed E-state index contributed by atoms with van der Waals surface area (Å²) in [5.74, 6) is 0.669. The Morgan fingerprint density at radius 1 is 1.11 bits per heavy atom. The Morgan fingerprint density at radius 2 is 1.96 bits per heavy atom. The van der Waals surface area contributed by atoms with Gasteiger partial charge in [-0.15, -0.1) is 0 Å². The number of hydrogen-bond acceptors (Lipinski definition) is 5. The van der Waals surface area contributed by atoms with Crippen molar-refractivity contribution in [2.45, 2.75) is 28.7 Å². The third-order valence-electron chi connectivity index (χ3n) is 5.67. The number of sulfone groups is 1. The van der Waals surface area contributed by atoms with E-state index in [1.807, 2.05) is 0 Å². The average molecular weight is 401 g/mol. The molecule has 2 aliphatic rings. The largest absolute Gasteiger partial charge is 0.459 e. The van der Waals surface area contributed by atoms with Crippen molar-refractivity contribution in [3.63, 3.8) is 0 Å². The van der Waals surface area contributed by atoms with E-state index >= 15 is 0 Å². The van der Waals surface area contributed by atoms with Crippen LogP contribution in [0.15, 0.2) is 56.7 Å². The van der Waals surface area contributed by atoms with Crippen molar-refractivity contribution in [2.24, 2.45) is 5.92 Å². The van der Waals surface area contributed by atoms with Crippen LogP contribution in [-0.4, -0.2) is 28.2 Å². The van der Waals surface area contributed by atoms with Gasteiger partial charge in [-0.3, -0.25) is 0 Å². The molecule has 7 heteroatoms. The Balaban J connectivity index is 1.60. The van der Waals surface area contributed by atoms with Crippen molar-refractivity contribution in [1.82, 2.24) is 5.32 Å². The molecular weight excluding hydrogens is 381 g/mol. The van der Waals surface area contributed by atoms with E-state index in [0.29, 0.717) is 18.1 Å². The number of nitrogens with one attached hydrogen (secondary N) is 1. The molecule has 2 unspecified atom stereocenters. The van der Waals surface area contributed by atoms with Crippen LogP contribution in [0.1, 0.15) is 23.8 Å². The van der Waals surface area contributed by atoms with Crippen molar-refractivity contribution >= 4 is 20.8 Å². The van der Waals surface area contributed by atoms with Gasteiger partial charge in [0.25, 0.3) is 0 Å². The predicted molar refractivity (Wildman–Crippen MR) is 101 cm³/mol. The first-order chi connectivity index (χ1) is 13.5. The Hall–Kier alpha value is -2.22. The molecule has 0 radical (unpaired) electrons. The smallest absolute Gasteiger partial charge is 0.206 e. The summed E-state index contributed by atoms with van der Waals surface area (Å²) in [7, 11) is -3.80. The van der Waals surface area contributed by atoms with Crippen LogP contribution in [0.5, 0.6) is 0 Å². The molecule has 3 heterocycles. The van der Waals surface area contributed by atoms with E-state index in [0.717, 1.165) is 48.8 Å². The fraction of sp³-hybridized carbons (Fsp3) is 0.333. The van der Waals surface area contributed by atoms with Gasteiger partial charge in [0.05, 0.1) is 22.4 Å². The van der Waals surface area contributed by atoms with Gasteiger partial charge in [-0.25, -0.2) is 12.8 Å². The van der Waals surface area contributed by atoms with Crippen molar-refractivity contribution < 1.29 is 22.0 Å². The van der Waals surface area contributed by atoms with E-state index in [2.05, 4.69) is 5.32 Å². The van der Waals surface area contributed by atoms with Gasteiger partial charge in [0.15, 0.2) is 0 Å². The lowest BCUT2D eigenvalue weighted by molar-refractivity contribution is 0.172. The number of fused-ring (bicyclic) bond motifs is 3. The number of rotatable bonds is 3. The maximum atomic E-state index is 13.5. The SMILES string of the molecule is O=S(=O)(c1cccc(F)c1)c1ccc2oc3c(c2c1)CCNC3C1CCOC1. The molecule has 5 rings (SSSR count). The van der Waals surface area contributed by atoms with Gasteiger partial charge in [0, 0.05) is 30.0 Å². The van der Waals surface area contributed by atoms with Crippen LogP contribution in [0.4, 0.5) is 4.39 Å². The lowest BCUT2D eigenvalue weighted by Gasteiger charge is -2.27. The zero-order valence-electron chi connectivity index (χ0n) is 15.2. The molecule has 0 amide bonds. The monoisotopic (exact) mass is 401 g/mol. The molecular formula is C21H20FNO4S. The van der Waals surface area contributed by atoms with Crippen LogP contribution in [0, 0.1) is 11.7 Å². The minimum absolute atomic E-state index is 0.0492. The van der Waals surface area contributed by atoms with Gasteiger partial charge in [-0.05, 0) is 49.2 Å². The molecule has 0 saturated carbocycles. The van der Waals surface area contributed by atoms with Gasteiger partial charge < -0.3 is 14.5 Å². The molecule has 0 spiro atoms. The number of hydrogen-bond donors (Lipinski definition) is 1. The highest BCUT2D eigenvalue weighted by atomic mass is 32.2. The van der Waals surface area contributed by atoms with E-state index < -0.39 is 15.7 Å². The van der Waals surface area contributed by atoms with Crippen molar-refractivity contribution in [3.05, 3.63) is 59.6 Å². The third-order valence-corrected chi connectivity index (χ3v) is 7.42. The molecule has 0 aliphatic carbocycles. The molecule has 2 aliphatic heterocycles. The van der Waals surface area contributed by atoms with Crippen LogP contribution in [0.3, 0.4) is 0 Å². The minimum atomic E-state index is -3.80. The summed E-state index contributed by atoms with van der Waals surface area (Å²) in [5, 5.41) is 4.34. The maximum Gasteiger partial charge on any atom is 0.206 e. The zero-order chi connectivity index (χ0) is 19.3. The lowest BCUT2D eigenvalue weighted by atomic mass is 9.90. The summed E-state index contributed by atoms with van der Waals surface area (Å²) >= 11 is 0. The first kappa shape index (κ1) is 17.8. The third kappa shape index (κ3) is 2.85. The number of furan rings is 1. The van der Waals surface area contributed by atoms with Crippen LogP contribution < -0.4 is 5.32 Å². The minimum Gasteiger partial charge on any atom is -0.459 e. The second-order valence-corrected chi connectivity index (χ2v) is 9.32. The highest BCUT2D eigenvalue weighted by Gasteiger charge is 2.34. The second-order valence-electron chi connectivity index (χ2n) is 7.37. The molecule has 0 bridgehead atoms. The fourth-order valence-corrected chi connectivity index (χ4v) is 5.55. The number of ether oxygens (including phenoxy) is 1. The highest BCUT2D eigenvalue weighted by Crippen LogP contribution is 2.39. The molecule has 1 aromatic heterocycles. The quantitative estimate of drug-likeness (QED) is 0.726. The van der Waals surface area contributed by atoms with Crippen LogP contribution >= 0.6 is 0 Å². The molecule has 1 saturated heterocycles. The summed E-state index contributed by atoms with van der Waals surface area (Å²) < 4.78 is 51.1. The predicted octanol–water partition coefficient (Wildman–Crippen LogP) is 3.63. The average Bonchev–Trinajstić information content (AvgIpc) is 3.35. The first-order valence-corrected chi connectivity index (χ1v) is 10.9. The summed E-state index contributed by atoms with van der Waals surface area (Å²) in [4.78, 5) is 0.0975. The summed E-state index contributed by atoms with van der Waals surface area (Å²) in [6, 6.07) is 10.1. The zero-order valence-corrected chi connectivity index (χ0v) is 16.0. The Labute approximate surface area is 162 Å².